The van der Waals surface area contributed by atoms with Crippen LogP contribution in [-0.4, -0.2) is 19.2 Å². The average Bonchev–Trinajstić information content (AvgIpc) is 2.28. The minimum Gasteiger partial charge on any atom is -0.491 e. The second-order valence-corrected chi connectivity index (χ2v) is 6.37. The molecule has 0 aromatic heterocycles. The molecule has 1 atom stereocenters. The predicted octanol–water partition coefficient (Wildman–Crippen LogP) is 4.08. The van der Waals surface area contributed by atoms with Crippen molar-refractivity contribution in [3.05, 3.63) is 27.8 Å². The van der Waals surface area contributed by atoms with Crippen LogP contribution in [0.25, 0.3) is 0 Å². The van der Waals surface area contributed by atoms with Gasteiger partial charge in [0.05, 0.1) is 6.10 Å². The highest BCUT2D eigenvalue weighted by Crippen LogP contribution is 2.17. The maximum Gasteiger partial charge on any atom is 0.120 e. The van der Waals surface area contributed by atoms with Crippen molar-refractivity contribution in [2.24, 2.45) is 5.92 Å². The van der Waals surface area contributed by atoms with Gasteiger partial charge in [0.15, 0.2) is 0 Å². The monoisotopic (exact) mass is 361 g/mol. The minimum absolute atomic E-state index is 0.282. The lowest BCUT2D eigenvalue weighted by molar-refractivity contribution is 0.207. The summed E-state index contributed by atoms with van der Waals surface area (Å²) in [6, 6.07) is 8.21. The molecule has 0 aliphatic heterocycles. The lowest BCUT2D eigenvalue weighted by Crippen LogP contribution is -2.22. The van der Waals surface area contributed by atoms with Crippen molar-refractivity contribution >= 4 is 22.6 Å². The number of hydrogen-bond acceptors (Lipinski definition) is 2. The first-order valence-corrected chi connectivity index (χ1v) is 7.78. The second kappa shape index (κ2) is 8.75. The molecule has 3 heteroatoms. The zero-order valence-electron chi connectivity index (χ0n) is 11.6. The standard InChI is InChI=1S/C15H24INO/c1-12(2)11-17-9-5-6-13(3)18-15-8-4-7-14(16)10-15/h4,7-8,10,12-13,17H,5-6,9,11H2,1-3H3. The van der Waals surface area contributed by atoms with Crippen LogP contribution in [0.4, 0.5) is 0 Å². The summed E-state index contributed by atoms with van der Waals surface area (Å²) in [5, 5.41) is 3.46. The highest BCUT2D eigenvalue weighted by molar-refractivity contribution is 14.1. The number of rotatable bonds is 8. The van der Waals surface area contributed by atoms with Crippen molar-refractivity contribution in [2.75, 3.05) is 13.1 Å². The van der Waals surface area contributed by atoms with E-state index in [0.29, 0.717) is 0 Å². The molecule has 102 valence electrons. The van der Waals surface area contributed by atoms with Crippen molar-refractivity contribution in [3.63, 3.8) is 0 Å². The van der Waals surface area contributed by atoms with Gasteiger partial charge in [0.2, 0.25) is 0 Å². The summed E-state index contributed by atoms with van der Waals surface area (Å²) in [4.78, 5) is 0. The Labute approximate surface area is 125 Å². The molecule has 0 amide bonds. The van der Waals surface area contributed by atoms with E-state index in [2.05, 4.69) is 60.8 Å². The maximum absolute atomic E-state index is 5.89. The number of ether oxygens (including phenoxy) is 1. The van der Waals surface area contributed by atoms with E-state index in [4.69, 9.17) is 4.74 Å². The molecule has 0 heterocycles. The zero-order chi connectivity index (χ0) is 13.4. The highest BCUT2D eigenvalue weighted by atomic mass is 127. The van der Waals surface area contributed by atoms with Crippen molar-refractivity contribution in [1.29, 1.82) is 0 Å². The van der Waals surface area contributed by atoms with Gasteiger partial charge >= 0.3 is 0 Å². The normalized spacial score (nSPS) is 12.7. The molecule has 1 unspecified atom stereocenters. The van der Waals surface area contributed by atoms with E-state index in [1.54, 1.807) is 0 Å². The van der Waals surface area contributed by atoms with Crippen LogP contribution in [0.2, 0.25) is 0 Å². The molecule has 0 spiro atoms. The van der Waals surface area contributed by atoms with Crippen molar-refractivity contribution in [2.45, 2.75) is 39.7 Å². The smallest absolute Gasteiger partial charge is 0.120 e. The van der Waals surface area contributed by atoms with Gasteiger partial charge in [-0.3, -0.25) is 0 Å². The first kappa shape index (κ1) is 15.8. The predicted molar refractivity (Wildman–Crippen MR) is 86.2 cm³/mol. The molecule has 1 aromatic rings. The van der Waals surface area contributed by atoms with Gasteiger partial charge in [-0.25, -0.2) is 0 Å². The minimum atomic E-state index is 0.282. The van der Waals surface area contributed by atoms with E-state index < -0.39 is 0 Å². The molecule has 2 nitrogen and oxygen atoms in total. The van der Waals surface area contributed by atoms with Gasteiger partial charge in [0.1, 0.15) is 5.75 Å². The Balaban J connectivity index is 2.16. The van der Waals surface area contributed by atoms with Crippen molar-refractivity contribution in [1.82, 2.24) is 5.32 Å². The molecule has 0 radical (unpaired) electrons. The molecular formula is C15H24INO. The van der Waals surface area contributed by atoms with E-state index >= 15 is 0 Å². The topological polar surface area (TPSA) is 21.3 Å². The summed E-state index contributed by atoms with van der Waals surface area (Å²) >= 11 is 2.31. The Hall–Kier alpha value is -0.290. The third-order valence-electron chi connectivity index (χ3n) is 2.65. The zero-order valence-corrected chi connectivity index (χ0v) is 13.7. The van der Waals surface area contributed by atoms with E-state index in [0.717, 1.165) is 37.6 Å². The Kier molecular flexibility index (Phi) is 7.66. The van der Waals surface area contributed by atoms with Crippen LogP contribution in [0.15, 0.2) is 24.3 Å². The fourth-order valence-electron chi connectivity index (χ4n) is 1.74. The third kappa shape index (κ3) is 7.21. The fraction of sp³-hybridized carbons (Fsp3) is 0.600. The quantitative estimate of drug-likeness (QED) is 0.556. The SMILES string of the molecule is CC(C)CNCCCC(C)Oc1cccc(I)c1. The van der Waals surface area contributed by atoms with Crippen LogP contribution in [0, 0.1) is 9.49 Å². The van der Waals surface area contributed by atoms with Crippen LogP contribution in [0.1, 0.15) is 33.6 Å². The van der Waals surface area contributed by atoms with Gasteiger partial charge in [-0.2, -0.15) is 0 Å². The molecule has 0 fully saturated rings. The molecule has 1 N–H and O–H groups in total. The van der Waals surface area contributed by atoms with E-state index in [1.807, 2.05) is 12.1 Å². The van der Waals surface area contributed by atoms with Crippen LogP contribution < -0.4 is 10.1 Å². The van der Waals surface area contributed by atoms with Gasteiger partial charge in [0, 0.05) is 3.57 Å². The summed E-state index contributed by atoms with van der Waals surface area (Å²) in [7, 11) is 0. The van der Waals surface area contributed by atoms with Crippen molar-refractivity contribution in [3.8, 4) is 5.75 Å². The van der Waals surface area contributed by atoms with E-state index in [9.17, 15) is 0 Å². The number of halogens is 1. The van der Waals surface area contributed by atoms with Crippen LogP contribution in [0.3, 0.4) is 0 Å². The third-order valence-corrected chi connectivity index (χ3v) is 3.32. The first-order valence-electron chi connectivity index (χ1n) is 6.71. The van der Waals surface area contributed by atoms with Crippen LogP contribution >= 0.6 is 22.6 Å². The summed E-state index contributed by atoms with van der Waals surface area (Å²) < 4.78 is 7.11. The molecule has 1 rings (SSSR count). The summed E-state index contributed by atoms with van der Waals surface area (Å²) in [5.41, 5.74) is 0. The molecule has 0 saturated carbocycles. The number of hydrogen-bond donors (Lipinski definition) is 1. The lowest BCUT2D eigenvalue weighted by atomic mass is 10.2. The molecule has 0 aliphatic carbocycles. The Morgan fingerprint density at radius 2 is 2.06 bits per heavy atom. The summed E-state index contributed by atoms with van der Waals surface area (Å²) in [6.07, 6.45) is 2.54. The molecule has 0 aliphatic rings. The molecule has 1 aromatic carbocycles. The summed E-state index contributed by atoms with van der Waals surface area (Å²) in [5.74, 6) is 1.70. The maximum atomic E-state index is 5.89. The van der Waals surface area contributed by atoms with Gasteiger partial charge in [0.25, 0.3) is 0 Å². The van der Waals surface area contributed by atoms with Gasteiger partial charge in [-0.15, -0.1) is 0 Å². The molecule has 0 bridgehead atoms. The largest absolute Gasteiger partial charge is 0.491 e. The fourth-order valence-corrected chi connectivity index (χ4v) is 2.25. The Morgan fingerprint density at radius 3 is 2.72 bits per heavy atom. The van der Waals surface area contributed by atoms with Crippen LogP contribution in [0.5, 0.6) is 5.75 Å². The van der Waals surface area contributed by atoms with E-state index in [-0.39, 0.29) is 6.10 Å². The number of nitrogens with one attached hydrogen (secondary N) is 1. The van der Waals surface area contributed by atoms with Crippen molar-refractivity contribution < 1.29 is 4.74 Å². The van der Waals surface area contributed by atoms with Gasteiger partial charge in [-0.1, -0.05) is 19.9 Å². The first-order chi connectivity index (χ1) is 8.58. The second-order valence-electron chi connectivity index (χ2n) is 5.13. The van der Waals surface area contributed by atoms with Gasteiger partial charge in [-0.05, 0) is 79.6 Å². The lowest BCUT2D eigenvalue weighted by Gasteiger charge is -2.15. The highest BCUT2D eigenvalue weighted by Gasteiger charge is 2.04. The Bertz CT molecular complexity index is 341. The molecule has 0 saturated heterocycles. The average molecular weight is 361 g/mol. The van der Waals surface area contributed by atoms with Gasteiger partial charge < -0.3 is 10.1 Å². The number of benzene rings is 1. The summed E-state index contributed by atoms with van der Waals surface area (Å²) in [6.45, 7) is 8.79. The van der Waals surface area contributed by atoms with E-state index in [1.165, 1.54) is 3.57 Å². The van der Waals surface area contributed by atoms with Crippen LogP contribution in [-0.2, 0) is 0 Å². The molecular weight excluding hydrogens is 337 g/mol. The molecule has 18 heavy (non-hydrogen) atoms. The Morgan fingerprint density at radius 1 is 1.28 bits per heavy atom.